The molecule has 64 valence electrons. The van der Waals surface area contributed by atoms with E-state index in [1.165, 1.54) is 5.57 Å². The Hall–Kier alpha value is -1.30. The number of hydrogen-bond acceptors (Lipinski definition) is 0. The second-order valence-electron chi connectivity index (χ2n) is 2.31. The quantitative estimate of drug-likeness (QED) is 0.549. The standard InChI is InChI=1S/C12H16/c1-5-9-11(7-3)12(8-4)10-6-2/h5-10H,1,3H2,2,4H3/b10-6-,11-9-,12-8-. The second kappa shape index (κ2) is 6.41. The van der Waals surface area contributed by atoms with Crippen LogP contribution in [0.1, 0.15) is 13.8 Å². The highest BCUT2D eigenvalue weighted by Gasteiger charge is 1.92. The fraction of sp³-hybridized carbons (Fsp3) is 0.167. The lowest BCUT2D eigenvalue weighted by molar-refractivity contribution is 1.49. The smallest absolute Gasteiger partial charge is 0.0194 e. The lowest BCUT2D eigenvalue weighted by atomic mass is 10.1. The van der Waals surface area contributed by atoms with Gasteiger partial charge in [0.15, 0.2) is 0 Å². The van der Waals surface area contributed by atoms with Gasteiger partial charge in [-0.3, -0.25) is 0 Å². The highest BCUT2D eigenvalue weighted by Crippen LogP contribution is 2.12. The molecule has 0 radical (unpaired) electrons. The van der Waals surface area contributed by atoms with Gasteiger partial charge in [-0.2, -0.15) is 0 Å². The molecule has 0 atom stereocenters. The van der Waals surface area contributed by atoms with Crippen molar-refractivity contribution in [2.75, 3.05) is 0 Å². The van der Waals surface area contributed by atoms with Crippen molar-refractivity contribution in [1.82, 2.24) is 0 Å². The lowest BCUT2D eigenvalue weighted by Gasteiger charge is -2.00. The van der Waals surface area contributed by atoms with Gasteiger partial charge in [0, 0.05) is 0 Å². The average molecular weight is 160 g/mol. The van der Waals surface area contributed by atoms with Crippen molar-refractivity contribution in [3.8, 4) is 0 Å². The van der Waals surface area contributed by atoms with Crippen LogP contribution in [0, 0.1) is 0 Å². The summed E-state index contributed by atoms with van der Waals surface area (Å²) >= 11 is 0. The summed E-state index contributed by atoms with van der Waals surface area (Å²) in [5.41, 5.74) is 2.28. The van der Waals surface area contributed by atoms with Gasteiger partial charge >= 0.3 is 0 Å². The average Bonchev–Trinajstić information content (AvgIpc) is 2.11. The molecule has 0 saturated carbocycles. The summed E-state index contributed by atoms with van der Waals surface area (Å²) in [4.78, 5) is 0. The normalized spacial score (nSPS) is 13.5. The summed E-state index contributed by atoms with van der Waals surface area (Å²) in [6.45, 7) is 11.4. The molecular formula is C12H16. The van der Waals surface area contributed by atoms with Crippen LogP contribution in [0.25, 0.3) is 0 Å². The van der Waals surface area contributed by atoms with Crippen LogP contribution in [0.5, 0.6) is 0 Å². The topological polar surface area (TPSA) is 0 Å². The summed E-state index contributed by atoms with van der Waals surface area (Å²) in [5, 5.41) is 0. The van der Waals surface area contributed by atoms with Crippen LogP contribution < -0.4 is 0 Å². The number of hydrogen-bond donors (Lipinski definition) is 0. The molecule has 0 bridgehead atoms. The van der Waals surface area contributed by atoms with Crippen LogP contribution in [-0.2, 0) is 0 Å². The van der Waals surface area contributed by atoms with Crippen molar-refractivity contribution in [3.05, 3.63) is 60.8 Å². The predicted molar refractivity (Wildman–Crippen MR) is 57.0 cm³/mol. The summed E-state index contributed by atoms with van der Waals surface area (Å²) in [6.07, 6.45) is 11.7. The molecule has 0 amide bonds. The van der Waals surface area contributed by atoms with Gasteiger partial charge < -0.3 is 0 Å². The summed E-state index contributed by atoms with van der Waals surface area (Å²) in [5.74, 6) is 0. The SMILES string of the molecule is C=C\C=C(C=C)/C(/C=C\C)=C\C. The van der Waals surface area contributed by atoms with Gasteiger partial charge in [-0.05, 0) is 25.0 Å². The van der Waals surface area contributed by atoms with E-state index in [0.717, 1.165) is 5.57 Å². The first kappa shape index (κ1) is 10.7. The summed E-state index contributed by atoms with van der Waals surface area (Å²) < 4.78 is 0. The molecule has 0 aliphatic heterocycles. The zero-order chi connectivity index (χ0) is 9.40. The minimum atomic E-state index is 1.10. The maximum absolute atomic E-state index is 3.74. The van der Waals surface area contributed by atoms with E-state index in [1.54, 1.807) is 6.08 Å². The van der Waals surface area contributed by atoms with E-state index in [1.807, 2.05) is 32.1 Å². The molecule has 0 saturated heterocycles. The van der Waals surface area contributed by atoms with E-state index in [-0.39, 0.29) is 0 Å². The van der Waals surface area contributed by atoms with Crippen LogP contribution >= 0.6 is 0 Å². The van der Waals surface area contributed by atoms with Gasteiger partial charge in [0.25, 0.3) is 0 Å². The second-order valence-corrected chi connectivity index (χ2v) is 2.31. The fourth-order valence-corrected chi connectivity index (χ4v) is 0.948. The van der Waals surface area contributed by atoms with Crippen molar-refractivity contribution >= 4 is 0 Å². The Morgan fingerprint density at radius 3 is 2.08 bits per heavy atom. The Balaban J connectivity index is 4.81. The largest absolute Gasteiger partial charge is 0.0990 e. The first-order valence-electron chi connectivity index (χ1n) is 4.04. The molecule has 0 aromatic heterocycles. The van der Waals surface area contributed by atoms with Gasteiger partial charge in [0.2, 0.25) is 0 Å². The molecule has 0 heteroatoms. The molecule has 12 heavy (non-hydrogen) atoms. The summed E-state index contributed by atoms with van der Waals surface area (Å²) in [6, 6.07) is 0. The predicted octanol–water partition coefficient (Wildman–Crippen LogP) is 3.81. The molecule has 0 fully saturated rings. The molecule has 0 aromatic carbocycles. The Morgan fingerprint density at radius 1 is 1.08 bits per heavy atom. The maximum Gasteiger partial charge on any atom is -0.0194 e. The molecule has 0 aliphatic carbocycles. The number of allylic oxidation sites excluding steroid dienone is 8. The van der Waals surface area contributed by atoms with E-state index < -0.39 is 0 Å². The van der Waals surface area contributed by atoms with Crippen LogP contribution in [0.4, 0.5) is 0 Å². The minimum absolute atomic E-state index is 1.10. The maximum atomic E-state index is 3.74. The van der Waals surface area contributed by atoms with E-state index in [0.29, 0.717) is 0 Å². The van der Waals surface area contributed by atoms with Crippen molar-refractivity contribution in [2.24, 2.45) is 0 Å². The van der Waals surface area contributed by atoms with Crippen LogP contribution in [0.2, 0.25) is 0 Å². The van der Waals surface area contributed by atoms with Crippen LogP contribution in [-0.4, -0.2) is 0 Å². The molecule has 0 heterocycles. The summed E-state index contributed by atoms with van der Waals surface area (Å²) in [7, 11) is 0. The highest BCUT2D eigenvalue weighted by molar-refractivity contribution is 5.46. The van der Waals surface area contributed by atoms with Gasteiger partial charge in [0.05, 0.1) is 0 Å². The molecular weight excluding hydrogens is 144 g/mol. The van der Waals surface area contributed by atoms with E-state index in [9.17, 15) is 0 Å². The Morgan fingerprint density at radius 2 is 1.75 bits per heavy atom. The zero-order valence-corrected chi connectivity index (χ0v) is 7.88. The van der Waals surface area contributed by atoms with E-state index >= 15 is 0 Å². The van der Waals surface area contributed by atoms with Gasteiger partial charge in [-0.25, -0.2) is 0 Å². The minimum Gasteiger partial charge on any atom is -0.0990 e. The molecule has 0 spiro atoms. The first-order valence-corrected chi connectivity index (χ1v) is 4.04. The van der Waals surface area contributed by atoms with Gasteiger partial charge in [-0.1, -0.05) is 49.6 Å². The van der Waals surface area contributed by atoms with E-state index in [2.05, 4.69) is 25.3 Å². The lowest BCUT2D eigenvalue weighted by Crippen LogP contribution is -1.80. The molecule has 0 aliphatic rings. The van der Waals surface area contributed by atoms with E-state index in [4.69, 9.17) is 0 Å². The number of rotatable bonds is 4. The Labute approximate surface area is 75.3 Å². The third-order valence-corrected chi connectivity index (χ3v) is 1.51. The third kappa shape index (κ3) is 3.20. The first-order chi connectivity index (χ1) is 5.79. The highest BCUT2D eigenvalue weighted by atomic mass is 14.0. The Kier molecular flexibility index (Phi) is 5.72. The van der Waals surface area contributed by atoms with Crippen molar-refractivity contribution in [2.45, 2.75) is 13.8 Å². The fourth-order valence-electron chi connectivity index (χ4n) is 0.948. The monoisotopic (exact) mass is 160 g/mol. The molecule has 0 unspecified atom stereocenters. The van der Waals surface area contributed by atoms with Crippen LogP contribution in [0.3, 0.4) is 0 Å². The van der Waals surface area contributed by atoms with Crippen molar-refractivity contribution < 1.29 is 0 Å². The van der Waals surface area contributed by atoms with Crippen molar-refractivity contribution in [1.29, 1.82) is 0 Å². The Bertz CT molecular complexity index is 237. The molecule has 0 aromatic rings. The van der Waals surface area contributed by atoms with Crippen molar-refractivity contribution in [3.63, 3.8) is 0 Å². The van der Waals surface area contributed by atoms with Crippen LogP contribution in [0.15, 0.2) is 60.8 Å². The zero-order valence-electron chi connectivity index (χ0n) is 7.88. The van der Waals surface area contributed by atoms with Gasteiger partial charge in [-0.15, -0.1) is 0 Å². The molecule has 0 rings (SSSR count). The third-order valence-electron chi connectivity index (χ3n) is 1.51. The molecule has 0 nitrogen and oxygen atoms in total. The van der Waals surface area contributed by atoms with Gasteiger partial charge in [0.1, 0.15) is 0 Å². The molecule has 0 N–H and O–H groups in total.